The van der Waals surface area contributed by atoms with Crippen LogP contribution in [0.4, 0.5) is 0 Å². The second kappa shape index (κ2) is 5.64. The quantitative estimate of drug-likeness (QED) is 0.339. The first-order chi connectivity index (χ1) is 2.00. The van der Waals surface area contributed by atoms with E-state index in [0.717, 1.165) is 0 Å². The molecule has 0 saturated carbocycles. The van der Waals surface area contributed by atoms with Crippen molar-refractivity contribution in [3.05, 3.63) is 0 Å². The maximum atomic E-state index is 7.33. The molecule has 0 saturated heterocycles. The van der Waals surface area contributed by atoms with Crippen LogP contribution in [0.2, 0.25) is 0 Å². The normalized spacial score (nSPS) is 8.57. The molecule has 7 heavy (non-hydrogen) atoms. The van der Waals surface area contributed by atoms with Crippen molar-refractivity contribution in [2.45, 2.75) is 0 Å². The minimum absolute atomic E-state index is 0. The smallest absolute Gasteiger partial charge is 0.368 e. The Bertz CT molecular complexity index is 27.2. The Balaban J connectivity index is -0.0000000800. The van der Waals surface area contributed by atoms with Crippen molar-refractivity contribution in [3.8, 4) is 0 Å². The predicted octanol–water partition coefficient (Wildman–Crippen LogP) is -4.17. The van der Waals surface area contributed by atoms with Crippen LogP contribution in [0.3, 0.4) is 0 Å². The van der Waals surface area contributed by atoms with Gasteiger partial charge in [-0.25, -0.2) is 0 Å². The first kappa shape index (κ1) is 15.8. The zero-order valence-corrected chi connectivity index (χ0v) is 7.68. The van der Waals surface area contributed by atoms with Gasteiger partial charge in [0.25, 0.3) is 0 Å². The van der Waals surface area contributed by atoms with E-state index in [1.807, 2.05) is 0 Å². The summed E-state index contributed by atoms with van der Waals surface area (Å²) in [7, 11) is -4.61. The van der Waals surface area contributed by atoms with Crippen molar-refractivity contribution in [1.29, 1.82) is 0 Å². The van der Waals surface area contributed by atoms with Gasteiger partial charge in [-0.3, -0.25) is 0 Å². The van der Waals surface area contributed by atoms with E-state index < -0.39 is 9.05 Å². The second-order valence-electron chi connectivity index (χ2n) is 0.600. The van der Waals surface area contributed by atoms with E-state index in [2.05, 4.69) is 0 Å². The van der Waals surface area contributed by atoms with Crippen molar-refractivity contribution >= 4 is 53.7 Å². The van der Waals surface area contributed by atoms with Crippen molar-refractivity contribution in [2.75, 3.05) is 0 Å². The fraction of sp³-hybridized carbons (Fsp3) is 0. The molecule has 0 fully saturated rings. The minimum atomic E-state index is -4.61. The van der Waals surface area contributed by atoms with Gasteiger partial charge in [0.15, 0.2) is 17.4 Å². The molecular formula is H7AlO4PbSi. The van der Waals surface area contributed by atoms with E-state index in [0.29, 0.717) is 0 Å². The maximum Gasteiger partial charge on any atom is 0.668 e. The van der Waals surface area contributed by atoms with Crippen LogP contribution < -0.4 is 0 Å². The van der Waals surface area contributed by atoms with Crippen LogP contribution in [0.25, 0.3) is 0 Å². The third-order valence-electron chi connectivity index (χ3n) is 0. The molecule has 0 bridgehead atoms. The van der Waals surface area contributed by atoms with Gasteiger partial charge in [0, 0.05) is 27.3 Å². The number of hydrogen-bond acceptors (Lipinski definition) is 4. The van der Waals surface area contributed by atoms with Crippen LogP contribution >= 0.6 is 0 Å². The SMILES string of the molecule is O[Si](O)(O)O.[AlH3].[Pb]. The molecule has 0 aliphatic heterocycles. The summed E-state index contributed by atoms with van der Waals surface area (Å²) in [6.45, 7) is 0. The molecule has 0 aliphatic carbocycles. The Kier molecular flexibility index (Phi) is 12.7. The molecule has 0 amide bonds. The summed E-state index contributed by atoms with van der Waals surface area (Å²) >= 11 is 0. The molecule has 7 heteroatoms. The fourth-order valence-electron chi connectivity index (χ4n) is 0. The summed E-state index contributed by atoms with van der Waals surface area (Å²) in [5.41, 5.74) is 0. The van der Waals surface area contributed by atoms with Crippen LogP contribution in [-0.4, -0.2) is 72.9 Å². The molecule has 4 N–H and O–H groups in total. The molecule has 42 valence electrons. The monoisotopic (exact) mass is 334 g/mol. The molecule has 0 spiro atoms. The van der Waals surface area contributed by atoms with Gasteiger partial charge >= 0.3 is 9.05 Å². The average Bonchev–Trinajstić information content (AvgIpc) is 0.722. The summed E-state index contributed by atoms with van der Waals surface area (Å²) in [6, 6.07) is 0. The Morgan fingerprint density at radius 1 is 0.857 bits per heavy atom. The molecule has 0 aromatic rings. The van der Waals surface area contributed by atoms with Gasteiger partial charge in [-0.1, -0.05) is 0 Å². The van der Waals surface area contributed by atoms with E-state index in [9.17, 15) is 0 Å². The van der Waals surface area contributed by atoms with Crippen molar-refractivity contribution in [2.24, 2.45) is 0 Å². The molecule has 0 aromatic heterocycles. The van der Waals surface area contributed by atoms with E-state index in [1.165, 1.54) is 0 Å². The Morgan fingerprint density at radius 3 is 0.857 bits per heavy atom. The summed E-state index contributed by atoms with van der Waals surface area (Å²) in [4.78, 5) is 29.3. The Morgan fingerprint density at radius 2 is 0.857 bits per heavy atom. The molecule has 4 radical (unpaired) electrons. The largest absolute Gasteiger partial charge is 0.668 e. The van der Waals surface area contributed by atoms with Crippen LogP contribution in [0, 0.1) is 0 Å². The number of hydrogen-bond donors (Lipinski definition) is 4. The van der Waals surface area contributed by atoms with Gasteiger partial charge in [0.05, 0.1) is 0 Å². The van der Waals surface area contributed by atoms with E-state index in [-0.39, 0.29) is 44.7 Å². The summed E-state index contributed by atoms with van der Waals surface area (Å²) < 4.78 is 0. The molecule has 0 heterocycles. The molecule has 0 unspecified atom stereocenters. The fourth-order valence-corrected chi connectivity index (χ4v) is 0. The standard InChI is InChI=1S/Al.H4O4Si.Pb.3H/c;1-5(2,3)4;;;;/h;1-4H;;;;. The second-order valence-corrected chi connectivity index (χ2v) is 1.80. The summed E-state index contributed by atoms with van der Waals surface area (Å²) in [5, 5.41) is 0. The van der Waals surface area contributed by atoms with Crippen LogP contribution in [0.1, 0.15) is 0 Å². The van der Waals surface area contributed by atoms with E-state index in [1.54, 1.807) is 0 Å². The predicted molar refractivity (Wildman–Crippen MR) is 30.3 cm³/mol. The van der Waals surface area contributed by atoms with Gasteiger partial charge in [-0.15, -0.1) is 0 Å². The molecule has 0 aromatic carbocycles. The Hall–Kier alpha value is 1.51. The van der Waals surface area contributed by atoms with Crippen LogP contribution in [-0.2, 0) is 0 Å². The van der Waals surface area contributed by atoms with Gasteiger partial charge in [-0.05, 0) is 0 Å². The van der Waals surface area contributed by atoms with Crippen molar-refractivity contribution in [3.63, 3.8) is 0 Å². The maximum absolute atomic E-state index is 7.33. The van der Waals surface area contributed by atoms with Gasteiger partial charge in [0.2, 0.25) is 0 Å². The van der Waals surface area contributed by atoms with Gasteiger partial charge < -0.3 is 19.2 Å². The zero-order valence-electron chi connectivity index (χ0n) is 2.79. The third-order valence-corrected chi connectivity index (χ3v) is 0. The first-order valence-electron chi connectivity index (χ1n) is 0.894. The summed E-state index contributed by atoms with van der Waals surface area (Å²) in [6.07, 6.45) is 0. The van der Waals surface area contributed by atoms with Gasteiger partial charge in [0.1, 0.15) is 0 Å². The van der Waals surface area contributed by atoms with Gasteiger partial charge in [-0.2, -0.15) is 0 Å². The molecular weight excluding hydrogens is 326 g/mol. The van der Waals surface area contributed by atoms with Crippen LogP contribution in [0.5, 0.6) is 0 Å². The topological polar surface area (TPSA) is 80.9 Å². The molecule has 0 rings (SSSR count). The number of rotatable bonds is 0. The van der Waals surface area contributed by atoms with Crippen LogP contribution in [0.15, 0.2) is 0 Å². The summed E-state index contributed by atoms with van der Waals surface area (Å²) in [5.74, 6) is 0. The first-order valence-corrected chi connectivity index (χ1v) is 2.68. The third kappa shape index (κ3) is 99.9. The van der Waals surface area contributed by atoms with E-state index >= 15 is 0 Å². The Labute approximate surface area is 72.6 Å². The van der Waals surface area contributed by atoms with Crippen molar-refractivity contribution in [1.82, 2.24) is 0 Å². The molecule has 0 atom stereocenters. The van der Waals surface area contributed by atoms with E-state index in [4.69, 9.17) is 19.2 Å². The zero-order chi connectivity index (χ0) is 4.50. The molecule has 4 nitrogen and oxygen atoms in total. The van der Waals surface area contributed by atoms with Crippen molar-refractivity contribution < 1.29 is 19.2 Å². The minimum Gasteiger partial charge on any atom is -0.368 e. The molecule has 0 aliphatic rings. The average molecular weight is 333 g/mol.